The molecule has 0 saturated heterocycles. The molecule has 1 heterocycles. The molecule has 0 aliphatic heterocycles. The van der Waals surface area contributed by atoms with Crippen LogP contribution in [-0.4, -0.2) is 27.1 Å². The maximum atomic E-state index is 11.8. The van der Waals surface area contributed by atoms with Gasteiger partial charge in [0.25, 0.3) is 0 Å². The van der Waals surface area contributed by atoms with E-state index in [0.29, 0.717) is 16.8 Å². The molecule has 0 atom stereocenters. The fourth-order valence-electron chi connectivity index (χ4n) is 1.47. The molecule has 1 amide bonds. The van der Waals surface area contributed by atoms with Gasteiger partial charge < -0.3 is 5.32 Å². The van der Waals surface area contributed by atoms with E-state index in [9.17, 15) is 4.79 Å². The van der Waals surface area contributed by atoms with E-state index in [0.717, 1.165) is 10.1 Å². The summed E-state index contributed by atoms with van der Waals surface area (Å²) in [6.07, 6.45) is 0.464. The third-order valence-corrected chi connectivity index (χ3v) is 5.27. The summed E-state index contributed by atoms with van der Waals surface area (Å²) < 4.78 is 0.888. The quantitative estimate of drug-likeness (QED) is 0.606. The average molecular weight is 340 g/mol. The van der Waals surface area contributed by atoms with Crippen molar-refractivity contribution in [3.63, 3.8) is 0 Å². The minimum Gasteiger partial charge on any atom is -0.300 e. The zero-order valence-corrected chi connectivity index (χ0v) is 14.4. The van der Waals surface area contributed by atoms with Gasteiger partial charge in [-0.05, 0) is 12.1 Å². The van der Waals surface area contributed by atoms with Crippen molar-refractivity contribution in [2.45, 2.75) is 34.8 Å². The van der Waals surface area contributed by atoms with Gasteiger partial charge in [0.05, 0.1) is 0 Å². The second-order valence-electron chi connectivity index (χ2n) is 4.50. The summed E-state index contributed by atoms with van der Waals surface area (Å²) >= 11 is 4.75. The van der Waals surface area contributed by atoms with Gasteiger partial charge in [-0.3, -0.25) is 4.79 Å². The molecular weight excluding hydrogens is 322 g/mol. The molecule has 1 aromatic carbocycles. The maximum Gasteiger partial charge on any atom is 0.227 e. The monoisotopic (exact) mass is 339 g/mol. The van der Waals surface area contributed by atoms with Crippen molar-refractivity contribution in [2.75, 3.05) is 11.1 Å². The first-order chi connectivity index (χ1) is 10.1. The molecule has 0 radical (unpaired) electrons. The fourth-order valence-corrected chi connectivity index (χ4v) is 4.33. The van der Waals surface area contributed by atoms with Crippen LogP contribution in [0.15, 0.2) is 39.6 Å². The van der Waals surface area contributed by atoms with Gasteiger partial charge in [0, 0.05) is 22.3 Å². The molecular formula is C14H17N3OS3. The Kier molecular flexibility index (Phi) is 6.53. The van der Waals surface area contributed by atoms with Crippen LogP contribution >= 0.6 is 34.9 Å². The standard InChI is InChI=1S/C14H17N3OS3/c1-10(2)20-14-17-16-13(21-14)15-12(18)8-9-19-11-6-4-3-5-7-11/h3-7,10H,8-9H2,1-2H3,(H,15,16,18). The number of aromatic nitrogens is 2. The van der Waals surface area contributed by atoms with Crippen LogP contribution < -0.4 is 5.32 Å². The largest absolute Gasteiger partial charge is 0.300 e. The highest BCUT2D eigenvalue weighted by molar-refractivity contribution is 8.01. The van der Waals surface area contributed by atoms with Gasteiger partial charge >= 0.3 is 0 Å². The Bertz CT molecular complexity index is 572. The minimum absolute atomic E-state index is 0.0179. The van der Waals surface area contributed by atoms with Gasteiger partial charge in [-0.15, -0.1) is 22.0 Å². The van der Waals surface area contributed by atoms with Gasteiger partial charge in [-0.1, -0.05) is 55.1 Å². The Labute approximate surface area is 137 Å². The van der Waals surface area contributed by atoms with Crippen LogP contribution in [-0.2, 0) is 4.79 Å². The molecule has 2 aromatic rings. The summed E-state index contributed by atoms with van der Waals surface area (Å²) in [5, 5.41) is 11.9. The van der Waals surface area contributed by atoms with E-state index in [2.05, 4.69) is 29.4 Å². The number of carbonyl (C=O) groups excluding carboxylic acids is 1. The number of nitrogens with one attached hydrogen (secondary N) is 1. The van der Waals surface area contributed by atoms with Crippen molar-refractivity contribution in [1.29, 1.82) is 0 Å². The number of nitrogens with zero attached hydrogens (tertiary/aromatic N) is 2. The van der Waals surface area contributed by atoms with Crippen LogP contribution in [0.2, 0.25) is 0 Å². The van der Waals surface area contributed by atoms with Crippen LogP contribution in [0.4, 0.5) is 5.13 Å². The van der Waals surface area contributed by atoms with E-state index >= 15 is 0 Å². The minimum atomic E-state index is -0.0179. The fraction of sp³-hybridized carbons (Fsp3) is 0.357. The number of amides is 1. The number of carbonyl (C=O) groups is 1. The molecule has 1 N–H and O–H groups in total. The van der Waals surface area contributed by atoms with Crippen LogP contribution in [0, 0.1) is 0 Å². The molecule has 0 bridgehead atoms. The molecule has 0 aliphatic carbocycles. The Hall–Kier alpha value is -1.05. The number of thioether (sulfide) groups is 2. The molecule has 21 heavy (non-hydrogen) atoms. The predicted molar refractivity (Wildman–Crippen MR) is 91.3 cm³/mol. The molecule has 0 fully saturated rings. The number of benzene rings is 1. The molecule has 0 unspecified atom stereocenters. The van der Waals surface area contributed by atoms with E-state index < -0.39 is 0 Å². The predicted octanol–water partition coefficient (Wildman–Crippen LogP) is 4.16. The summed E-state index contributed by atoms with van der Waals surface area (Å²) in [5.74, 6) is 0.734. The number of hydrogen-bond acceptors (Lipinski definition) is 6. The van der Waals surface area contributed by atoms with Gasteiger partial charge in [0.2, 0.25) is 11.0 Å². The molecule has 2 rings (SSSR count). The zero-order valence-electron chi connectivity index (χ0n) is 11.9. The van der Waals surface area contributed by atoms with Gasteiger partial charge in [0.15, 0.2) is 4.34 Å². The van der Waals surface area contributed by atoms with E-state index in [4.69, 9.17) is 0 Å². The molecule has 4 nitrogen and oxygen atoms in total. The van der Waals surface area contributed by atoms with Gasteiger partial charge in [-0.25, -0.2) is 0 Å². The summed E-state index contributed by atoms with van der Waals surface area (Å²) in [5.41, 5.74) is 0. The van der Waals surface area contributed by atoms with E-state index in [1.807, 2.05) is 30.3 Å². The summed E-state index contributed by atoms with van der Waals surface area (Å²) in [6, 6.07) is 10.1. The first-order valence-corrected chi connectivity index (χ1v) is 9.29. The van der Waals surface area contributed by atoms with Crippen molar-refractivity contribution in [3.05, 3.63) is 30.3 Å². The first-order valence-electron chi connectivity index (χ1n) is 6.61. The van der Waals surface area contributed by atoms with Crippen LogP contribution in [0.1, 0.15) is 20.3 Å². The van der Waals surface area contributed by atoms with Crippen LogP contribution in [0.3, 0.4) is 0 Å². The Morgan fingerprint density at radius 3 is 2.76 bits per heavy atom. The molecule has 112 valence electrons. The molecule has 1 aromatic heterocycles. The van der Waals surface area contributed by atoms with Crippen molar-refractivity contribution < 1.29 is 4.79 Å². The number of hydrogen-bond donors (Lipinski definition) is 1. The lowest BCUT2D eigenvalue weighted by molar-refractivity contribution is -0.115. The molecule has 0 saturated carbocycles. The Balaban J connectivity index is 1.73. The highest BCUT2D eigenvalue weighted by Gasteiger charge is 2.09. The third-order valence-electron chi connectivity index (χ3n) is 2.33. The van der Waals surface area contributed by atoms with Gasteiger partial charge in [-0.2, -0.15) is 0 Å². The normalized spacial score (nSPS) is 10.8. The number of anilines is 1. The van der Waals surface area contributed by atoms with Crippen molar-refractivity contribution in [2.24, 2.45) is 0 Å². The number of rotatable bonds is 7. The van der Waals surface area contributed by atoms with Crippen LogP contribution in [0.5, 0.6) is 0 Å². The second-order valence-corrected chi connectivity index (χ2v) is 8.47. The third kappa shape index (κ3) is 6.07. The topological polar surface area (TPSA) is 54.9 Å². The average Bonchev–Trinajstić information content (AvgIpc) is 2.86. The SMILES string of the molecule is CC(C)Sc1nnc(NC(=O)CCSc2ccccc2)s1. The smallest absolute Gasteiger partial charge is 0.227 e. The van der Waals surface area contributed by atoms with E-state index in [1.165, 1.54) is 16.2 Å². The lowest BCUT2D eigenvalue weighted by atomic mass is 10.4. The van der Waals surface area contributed by atoms with Gasteiger partial charge in [0.1, 0.15) is 0 Å². The van der Waals surface area contributed by atoms with Crippen LogP contribution in [0.25, 0.3) is 0 Å². The van der Waals surface area contributed by atoms with Crippen molar-refractivity contribution in [3.8, 4) is 0 Å². The molecule has 7 heteroatoms. The summed E-state index contributed by atoms with van der Waals surface area (Å²) in [7, 11) is 0. The molecule has 0 aliphatic rings. The summed E-state index contributed by atoms with van der Waals surface area (Å²) in [4.78, 5) is 13.0. The highest BCUT2D eigenvalue weighted by Crippen LogP contribution is 2.28. The van der Waals surface area contributed by atoms with Crippen molar-refractivity contribution >= 4 is 45.9 Å². The first kappa shape index (κ1) is 16.3. The van der Waals surface area contributed by atoms with Crippen molar-refractivity contribution in [1.82, 2.24) is 10.2 Å². The maximum absolute atomic E-state index is 11.8. The summed E-state index contributed by atoms with van der Waals surface area (Å²) in [6.45, 7) is 4.20. The van der Waals surface area contributed by atoms with E-state index in [-0.39, 0.29) is 5.91 Å². The Morgan fingerprint density at radius 2 is 2.05 bits per heavy atom. The molecule has 0 spiro atoms. The van der Waals surface area contributed by atoms with E-state index in [1.54, 1.807) is 23.5 Å². The highest BCUT2D eigenvalue weighted by atomic mass is 32.2. The zero-order chi connectivity index (χ0) is 15.1. The lowest BCUT2D eigenvalue weighted by Crippen LogP contribution is -2.11. The Morgan fingerprint density at radius 1 is 1.29 bits per heavy atom. The lowest BCUT2D eigenvalue weighted by Gasteiger charge is -2.01. The second kappa shape index (κ2) is 8.41.